The summed E-state index contributed by atoms with van der Waals surface area (Å²) in [6.45, 7) is 0. The normalized spacial score (nSPS) is 19.0. The van der Waals surface area contributed by atoms with Gasteiger partial charge < -0.3 is 10.3 Å². The predicted molar refractivity (Wildman–Crippen MR) is 52.7 cm³/mol. The lowest BCUT2D eigenvalue weighted by molar-refractivity contribution is -0.631. The first-order chi connectivity index (χ1) is 6.67. The maximum atomic E-state index is 11.7. The van der Waals surface area contributed by atoms with Crippen LogP contribution in [0.15, 0.2) is 18.2 Å². The molecule has 0 unspecified atom stereocenters. The second-order valence-corrected chi connectivity index (χ2v) is 3.98. The van der Waals surface area contributed by atoms with Gasteiger partial charge in [-0.2, -0.15) is 4.73 Å². The van der Waals surface area contributed by atoms with E-state index in [0.717, 1.165) is 11.2 Å². The average Bonchev–Trinajstić information content (AvgIpc) is 2.15. The van der Waals surface area contributed by atoms with Gasteiger partial charge in [0.05, 0.1) is 0 Å². The van der Waals surface area contributed by atoms with Crippen LogP contribution in [-0.4, -0.2) is 5.11 Å². The highest BCUT2D eigenvalue weighted by molar-refractivity contribution is 6.16. The van der Waals surface area contributed by atoms with Crippen molar-refractivity contribution in [2.75, 3.05) is 0 Å². The van der Waals surface area contributed by atoms with Crippen molar-refractivity contribution in [2.45, 2.75) is 30.7 Å². The van der Waals surface area contributed by atoms with E-state index in [4.69, 9.17) is 11.6 Å². The number of rotatable bonds is 2. The standard InChI is InChI=1S/C10H12ClNO2/c11-7-8-3-1-4-9(12(8)14)10(13)5-2-6-10/h1,3-4,13H,2,5-7H2. The van der Waals surface area contributed by atoms with Gasteiger partial charge in [0.1, 0.15) is 11.5 Å². The summed E-state index contributed by atoms with van der Waals surface area (Å²) in [5, 5.41) is 21.7. The second-order valence-electron chi connectivity index (χ2n) is 3.72. The van der Waals surface area contributed by atoms with Crippen LogP contribution in [0, 0.1) is 5.21 Å². The molecule has 0 amide bonds. The molecule has 3 nitrogen and oxygen atoms in total. The minimum absolute atomic E-state index is 0.174. The van der Waals surface area contributed by atoms with Crippen LogP contribution in [0.25, 0.3) is 0 Å². The molecule has 0 bridgehead atoms. The molecule has 1 heterocycles. The van der Waals surface area contributed by atoms with E-state index in [2.05, 4.69) is 0 Å². The number of hydrogen-bond acceptors (Lipinski definition) is 2. The zero-order valence-corrected chi connectivity index (χ0v) is 8.50. The van der Waals surface area contributed by atoms with E-state index in [1.807, 2.05) is 0 Å². The van der Waals surface area contributed by atoms with Crippen LogP contribution in [0.5, 0.6) is 0 Å². The minimum atomic E-state index is -0.913. The van der Waals surface area contributed by atoms with Crippen LogP contribution in [-0.2, 0) is 11.5 Å². The molecule has 0 saturated heterocycles. The van der Waals surface area contributed by atoms with Crippen LogP contribution in [0.2, 0.25) is 0 Å². The summed E-state index contributed by atoms with van der Waals surface area (Å²) >= 11 is 5.61. The number of halogens is 1. The van der Waals surface area contributed by atoms with Gasteiger partial charge >= 0.3 is 0 Å². The summed E-state index contributed by atoms with van der Waals surface area (Å²) in [6.07, 6.45) is 2.31. The molecule has 1 aliphatic carbocycles. The Morgan fingerprint density at radius 1 is 1.50 bits per heavy atom. The number of pyridine rings is 1. The van der Waals surface area contributed by atoms with Crippen molar-refractivity contribution < 1.29 is 9.84 Å². The molecule has 1 fully saturated rings. The monoisotopic (exact) mass is 213 g/mol. The Hall–Kier alpha value is -0.800. The molecule has 1 N–H and O–H groups in total. The van der Waals surface area contributed by atoms with Crippen LogP contribution < -0.4 is 4.73 Å². The highest BCUT2D eigenvalue weighted by atomic mass is 35.5. The SMILES string of the molecule is [O-][n+]1c(CCl)cccc1C1(O)CCC1. The average molecular weight is 214 g/mol. The molecule has 0 aromatic carbocycles. The van der Waals surface area contributed by atoms with Crippen LogP contribution >= 0.6 is 11.6 Å². The Balaban J connectivity index is 2.43. The largest absolute Gasteiger partial charge is 0.618 e. The zero-order valence-electron chi connectivity index (χ0n) is 7.74. The molecule has 0 radical (unpaired) electrons. The Morgan fingerprint density at radius 3 is 2.71 bits per heavy atom. The lowest BCUT2D eigenvalue weighted by atomic mass is 9.77. The highest BCUT2D eigenvalue weighted by Gasteiger charge is 2.42. The van der Waals surface area contributed by atoms with Crippen molar-refractivity contribution in [3.63, 3.8) is 0 Å². The first kappa shape index (κ1) is 9.74. The van der Waals surface area contributed by atoms with Gasteiger partial charge in [0.2, 0.25) is 11.4 Å². The van der Waals surface area contributed by atoms with Gasteiger partial charge in [0, 0.05) is 12.1 Å². The van der Waals surface area contributed by atoms with Crippen molar-refractivity contribution in [3.8, 4) is 0 Å². The fraction of sp³-hybridized carbons (Fsp3) is 0.500. The summed E-state index contributed by atoms with van der Waals surface area (Å²) in [6, 6.07) is 5.10. The van der Waals surface area contributed by atoms with E-state index in [0.29, 0.717) is 24.2 Å². The molecule has 14 heavy (non-hydrogen) atoms. The van der Waals surface area contributed by atoms with E-state index in [-0.39, 0.29) is 5.88 Å². The van der Waals surface area contributed by atoms with Crippen LogP contribution in [0.4, 0.5) is 0 Å². The number of nitrogens with zero attached hydrogens (tertiary/aromatic N) is 1. The zero-order chi connectivity index (χ0) is 10.2. The molecule has 76 valence electrons. The van der Waals surface area contributed by atoms with Gasteiger partial charge in [-0.05, 0) is 25.3 Å². The maximum absolute atomic E-state index is 11.7. The highest BCUT2D eigenvalue weighted by Crippen LogP contribution is 2.39. The maximum Gasteiger partial charge on any atom is 0.224 e. The molecular weight excluding hydrogens is 202 g/mol. The predicted octanol–water partition coefficient (Wildman–Crippen LogP) is 1.43. The van der Waals surface area contributed by atoms with Crippen molar-refractivity contribution in [2.24, 2.45) is 0 Å². The Morgan fingerprint density at radius 2 is 2.21 bits per heavy atom. The molecule has 1 aliphatic rings. The summed E-state index contributed by atoms with van der Waals surface area (Å²) in [7, 11) is 0. The number of alkyl halides is 1. The van der Waals surface area contributed by atoms with Crippen LogP contribution in [0.1, 0.15) is 30.7 Å². The molecule has 0 atom stereocenters. The summed E-state index contributed by atoms with van der Waals surface area (Å²) < 4.78 is 0.756. The molecule has 0 aliphatic heterocycles. The van der Waals surface area contributed by atoms with E-state index in [9.17, 15) is 10.3 Å². The first-order valence-electron chi connectivity index (χ1n) is 4.68. The summed E-state index contributed by atoms with van der Waals surface area (Å²) in [5.74, 6) is 0.174. The molecule has 0 spiro atoms. The van der Waals surface area contributed by atoms with Gasteiger partial charge in [0.15, 0.2) is 0 Å². The third-order valence-corrected chi connectivity index (χ3v) is 3.09. The van der Waals surface area contributed by atoms with Gasteiger partial charge in [0.25, 0.3) is 0 Å². The smallest absolute Gasteiger partial charge is 0.224 e. The topological polar surface area (TPSA) is 47.2 Å². The minimum Gasteiger partial charge on any atom is -0.618 e. The van der Waals surface area contributed by atoms with Gasteiger partial charge in [-0.3, -0.25) is 0 Å². The van der Waals surface area contributed by atoms with Crippen molar-refractivity contribution in [1.82, 2.24) is 0 Å². The van der Waals surface area contributed by atoms with E-state index in [1.54, 1.807) is 18.2 Å². The lowest BCUT2D eigenvalue weighted by Gasteiger charge is -2.34. The Bertz CT molecular complexity index is 350. The first-order valence-corrected chi connectivity index (χ1v) is 5.21. The molecule has 1 saturated carbocycles. The van der Waals surface area contributed by atoms with Gasteiger partial charge in [-0.15, -0.1) is 11.6 Å². The Kier molecular flexibility index (Phi) is 2.37. The van der Waals surface area contributed by atoms with E-state index in [1.165, 1.54) is 0 Å². The molecule has 1 aromatic heterocycles. The van der Waals surface area contributed by atoms with Crippen molar-refractivity contribution >= 4 is 11.6 Å². The molecule has 2 rings (SSSR count). The quantitative estimate of drug-likeness (QED) is 0.459. The van der Waals surface area contributed by atoms with E-state index < -0.39 is 5.60 Å². The number of aromatic nitrogens is 1. The van der Waals surface area contributed by atoms with Crippen molar-refractivity contribution in [3.05, 3.63) is 34.8 Å². The fourth-order valence-corrected chi connectivity index (χ4v) is 1.95. The molecule has 4 heteroatoms. The van der Waals surface area contributed by atoms with Crippen LogP contribution in [0.3, 0.4) is 0 Å². The number of hydrogen-bond donors (Lipinski definition) is 1. The fourth-order valence-electron chi connectivity index (χ4n) is 1.75. The molecular formula is C10H12ClNO2. The number of aliphatic hydroxyl groups is 1. The molecule has 1 aromatic rings. The second kappa shape index (κ2) is 3.41. The lowest BCUT2D eigenvalue weighted by Crippen LogP contribution is -2.48. The van der Waals surface area contributed by atoms with E-state index >= 15 is 0 Å². The summed E-state index contributed by atoms with van der Waals surface area (Å²) in [4.78, 5) is 0. The third-order valence-electron chi connectivity index (χ3n) is 2.82. The Labute approximate surface area is 87.5 Å². The third kappa shape index (κ3) is 1.37. The summed E-state index contributed by atoms with van der Waals surface area (Å²) in [5.41, 5.74) is 0.00971. The van der Waals surface area contributed by atoms with Gasteiger partial charge in [-0.1, -0.05) is 0 Å². The van der Waals surface area contributed by atoms with Gasteiger partial charge in [-0.25, -0.2) is 0 Å². The van der Waals surface area contributed by atoms with Crippen molar-refractivity contribution in [1.29, 1.82) is 0 Å².